The molecule has 0 aromatic carbocycles. The Morgan fingerprint density at radius 2 is 2.11 bits per heavy atom. The molecule has 0 aromatic heterocycles. The summed E-state index contributed by atoms with van der Waals surface area (Å²) >= 11 is 0. The van der Waals surface area contributed by atoms with Crippen LogP contribution < -0.4 is 5.73 Å². The Morgan fingerprint density at radius 1 is 1.44 bits per heavy atom. The van der Waals surface area contributed by atoms with E-state index in [1.54, 1.807) is 0 Å². The number of hydrogen-bond acceptors (Lipinski definition) is 1. The molecule has 0 amide bonds. The lowest BCUT2D eigenvalue weighted by Crippen LogP contribution is -2.05. The molecule has 0 radical (unpaired) electrons. The third-order valence-corrected chi connectivity index (χ3v) is 1.73. The van der Waals surface area contributed by atoms with Crippen molar-refractivity contribution in [2.24, 2.45) is 5.73 Å². The highest BCUT2D eigenvalue weighted by atomic mass is 14.5. The van der Waals surface area contributed by atoms with Crippen LogP contribution in [0.4, 0.5) is 0 Å². The molecule has 0 bridgehead atoms. The van der Waals surface area contributed by atoms with Gasteiger partial charge in [-0.25, -0.2) is 0 Å². The quantitative estimate of drug-likeness (QED) is 0.563. The van der Waals surface area contributed by atoms with Gasteiger partial charge in [0.15, 0.2) is 0 Å². The summed E-state index contributed by atoms with van der Waals surface area (Å²) in [7, 11) is 0. The molecular formula is C8H13N. The van der Waals surface area contributed by atoms with Gasteiger partial charge in [-0.3, -0.25) is 0 Å². The van der Waals surface area contributed by atoms with Crippen molar-refractivity contribution in [2.75, 3.05) is 6.54 Å². The lowest BCUT2D eigenvalue weighted by atomic mass is 10.00. The standard InChI is InChI=1S/C8H13N/c1-7-4-2-3-5-8(7)6-9/h4-5H,2-3,6,9H2,1H3. The number of hydrogen-bond donors (Lipinski definition) is 1. The third-order valence-electron chi connectivity index (χ3n) is 1.73. The summed E-state index contributed by atoms with van der Waals surface area (Å²) < 4.78 is 0. The molecule has 0 aromatic rings. The van der Waals surface area contributed by atoms with E-state index < -0.39 is 0 Å². The smallest absolute Gasteiger partial charge is 0.0177 e. The summed E-state index contributed by atoms with van der Waals surface area (Å²) in [5.74, 6) is 0. The van der Waals surface area contributed by atoms with Gasteiger partial charge < -0.3 is 5.73 Å². The normalized spacial score (nSPS) is 18.9. The maximum absolute atomic E-state index is 5.48. The molecule has 0 saturated carbocycles. The first-order chi connectivity index (χ1) is 4.34. The molecule has 0 fully saturated rings. The second-order valence-electron chi connectivity index (χ2n) is 2.40. The number of allylic oxidation sites excluding steroid dienone is 2. The molecule has 0 heterocycles. The van der Waals surface area contributed by atoms with Crippen LogP contribution in [0.2, 0.25) is 0 Å². The van der Waals surface area contributed by atoms with Gasteiger partial charge in [-0.2, -0.15) is 0 Å². The van der Waals surface area contributed by atoms with Crippen molar-refractivity contribution in [2.45, 2.75) is 19.8 Å². The molecule has 0 atom stereocenters. The lowest BCUT2D eigenvalue weighted by Gasteiger charge is -2.09. The molecule has 50 valence electrons. The summed E-state index contributed by atoms with van der Waals surface area (Å²) in [6.45, 7) is 2.82. The van der Waals surface area contributed by atoms with E-state index in [-0.39, 0.29) is 0 Å². The van der Waals surface area contributed by atoms with Gasteiger partial charge in [-0.15, -0.1) is 0 Å². The Morgan fingerprint density at radius 3 is 2.56 bits per heavy atom. The monoisotopic (exact) mass is 123 g/mol. The molecule has 1 heteroatoms. The molecule has 1 aliphatic carbocycles. The first-order valence-corrected chi connectivity index (χ1v) is 3.41. The fraction of sp³-hybridized carbons (Fsp3) is 0.500. The molecule has 1 rings (SSSR count). The summed E-state index contributed by atoms with van der Waals surface area (Å²) in [4.78, 5) is 0. The van der Waals surface area contributed by atoms with Crippen LogP contribution in [0.3, 0.4) is 0 Å². The van der Waals surface area contributed by atoms with E-state index in [0.29, 0.717) is 6.54 Å². The first kappa shape index (κ1) is 6.56. The predicted octanol–water partition coefficient (Wildman–Crippen LogP) is 1.61. The van der Waals surface area contributed by atoms with Gasteiger partial charge in [0.1, 0.15) is 0 Å². The fourth-order valence-corrected chi connectivity index (χ4v) is 1.09. The van der Waals surface area contributed by atoms with Crippen molar-refractivity contribution in [3.63, 3.8) is 0 Å². The number of rotatable bonds is 1. The van der Waals surface area contributed by atoms with Crippen molar-refractivity contribution in [1.82, 2.24) is 0 Å². The minimum Gasteiger partial charge on any atom is -0.326 e. The molecule has 1 nitrogen and oxygen atoms in total. The van der Waals surface area contributed by atoms with E-state index >= 15 is 0 Å². The zero-order chi connectivity index (χ0) is 6.69. The zero-order valence-electron chi connectivity index (χ0n) is 5.85. The second-order valence-corrected chi connectivity index (χ2v) is 2.40. The Hall–Kier alpha value is -0.560. The summed E-state index contributed by atoms with van der Waals surface area (Å²) in [6, 6.07) is 0. The van der Waals surface area contributed by atoms with E-state index in [4.69, 9.17) is 5.73 Å². The van der Waals surface area contributed by atoms with E-state index in [1.807, 2.05) is 0 Å². The molecule has 0 aliphatic heterocycles. The van der Waals surface area contributed by atoms with E-state index in [0.717, 1.165) is 0 Å². The van der Waals surface area contributed by atoms with Gasteiger partial charge in [0.25, 0.3) is 0 Å². The fourth-order valence-electron chi connectivity index (χ4n) is 1.09. The number of nitrogens with two attached hydrogens (primary N) is 1. The summed E-state index contributed by atoms with van der Waals surface area (Å²) in [5.41, 5.74) is 8.17. The second kappa shape index (κ2) is 2.83. The molecular weight excluding hydrogens is 110 g/mol. The van der Waals surface area contributed by atoms with Crippen molar-refractivity contribution >= 4 is 0 Å². The third kappa shape index (κ3) is 1.42. The molecule has 1 aliphatic rings. The van der Waals surface area contributed by atoms with Crippen molar-refractivity contribution in [1.29, 1.82) is 0 Å². The molecule has 0 saturated heterocycles. The Balaban J connectivity index is 2.68. The maximum Gasteiger partial charge on any atom is 0.0177 e. The van der Waals surface area contributed by atoms with Gasteiger partial charge in [-0.1, -0.05) is 17.7 Å². The summed E-state index contributed by atoms with van der Waals surface area (Å²) in [6.07, 6.45) is 6.84. The predicted molar refractivity (Wildman–Crippen MR) is 40.1 cm³/mol. The van der Waals surface area contributed by atoms with Crippen LogP contribution in [0, 0.1) is 0 Å². The summed E-state index contributed by atoms with van der Waals surface area (Å²) in [5, 5.41) is 0. The topological polar surface area (TPSA) is 26.0 Å². The van der Waals surface area contributed by atoms with Crippen molar-refractivity contribution in [3.8, 4) is 0 Å². The van der Waals surface area contributed by atoms with Gasteiger partial charge in [0.05, 0.1) is 0 Å². The molecule has 0 unspecified atom stereocenters. The minimum atomic E-state index is 0.697. The van der Waals surface area contributed by atoms with E-state index in [1.165, 1.54) is 24.0 Å². The largest absolute Gasteiger partial charge is 0.326 e. The molecule has 9 heavy (non-hydrogen) atoms. The average Bonchev–Trinajstić information content (AvgIpc) is 1.89. The molecule has 0 spiro atoms. The van der Waals surface area contributed by atoms with Crippen LogP contribution in [-0.2, 0) is 0 Å². The van der Waals surface area contributed by atoms with E-state index in [2.05, 4.69) is 19.1 Å². The first-order valence-electron chi connectivity index (χ1n) is 3.41. The van der Waals surface area contributed by atoms with Gasteiger partial charge in [-0.05, 0) is 25.3 Å². The van der Waals surface area contributed by atoms with E-state index in [9.17, 15) is 0 Å². The minimum absolute atomic E-state index is 0.697. The van der Waals surface area contributed by atoms with Crippen molar-refractivity contribution < 1.29 is 0 Å². The highest BCUT2D eigenvalue weighted by molar-refractivity contribution is 5.32. The van der Waals surface area contributed by atoms with Crippen LogP contribution in [0.15, 0.2) is 23.3 Å². The Labute approximate surface area is 56.2 Å². The highest BCUT2D eigenvalue weighted by Crippen LogP contribution is 2.15. The van der Waals surface area contributed by atoms with Crippen LogP contribution in [0.1, 0.15) is 19.8 Å². The van der Waals surface area contributed by atoms with Crippen LogP contribution in [0.5, 0.6) is 0 Å². The van der Waals surface area contributed by atoms with Crippen LogP contribution in [0.25, 0.3) is 0 Å². The Kier molecular flexibility index (Phi) is 2.06. The van der Waals surface area contributed by atoms with Gasteiger partial charge in [0.2, 0.25) is 0 Å². The van der Waals surface area contributed by atoms with Crippen LogP contribution >= 0.6 is 0 Å². The zero-order valence-corrected chi connectivity index (χ0v) is 5.85. The highest BCUT2D eigenvalue weighted by Gasteiger charge is 1.99. The SMILES string of the molecule is CC1=CCCC=C1CN. The van der Waals surface area contributed by atoms with Crippen LogP contribution in [-0.4, -0.2) is 6.54 Å². The molecule has 2 N–H and O–H groups in total. The lowest BCUT2D eigenvalue weighted by molar-refractivity contribution is 0.965. The Bertz CT molecular complexity index is 154. The average molecular weight is 123 g/mol. The van der Waals surface area contributed by atoms with Crippen molar-refractivity contribution in [3.05, 3.63) is 23.3 Å². The van der Waals surface area contributed by atoms with Gasteiger partial charge in [0, 0.05) is 6.54 Å². The maximum atomic E-state index is 5.48. The van der Waals surface area contributed by atoms with Gasteiger partial charge >= 0.3 is 0 Å².